The SMILES string of the molecule is CC/C=C\C/C=C\C/C=C\C/C=C\C/C=C\CCCCCCCCCCCC(=O)OC(COC(=O)CCCCCCCCCCC/C=C\C/C=C\CCCCCCC)COP(=O)([O-])OCC[N+](C)(C)C. The molecule has 2 atom stereocenters. The van der Waals surface area contributed by atoms with Gasteiger partial charge in [0.05, 0.1) is 27.7 Å². The van der Waals surface area contributed by atoms with Gasteiger partial charge in [0.15, 0.2) is 6.10 Å². The van der Waals surface area contributed by atoms with Gasteiger partial charge >= 0.3 is 11.9 Å². The van der Waals surface area contributed by atoms with Gasteiger partial charge in [-0.15, -0.1) is 0 Å². The summed E-state index contributed by atoms with van der Waals surface area (Å²) < 4.78 is 34.1. The van der Waals surface area contributed by atoms with Crippen LogP contribution >= 0.6 is 7.82 Å². The van der Waals surface area contributed by atoms with Crippen molar-refractivity contribution in [1.82, 2.24) is 0 Å². The number of hydrogen-bond donors (Lipinski definition) is 0. The van der Waals surface area contributed by atoms with Gasteiger partial charge in [0.2, 0.25) is 0 Å². The Labute approximate surface area is 431 Å². The molecule has 0 aliphatic rings. The predicted molar refractivity (Wildman–Crippen MR) is 296 cm³/mol. The third-order valence-corrected chi connectivity index (χ3v) is 12.9. The van der Waals surface area contributed by atoms with Crippen molar-refractivity contribution in [2.45, 2.75) is 238 Å². The minimum Gasteiger partial charge on any atom is -0.756 e. The summed E-state index contributed by atoms with van der Waals surface area (Å²) in [4.78, 5) is 37.9. The van der Waals surface area contributed by atoms with Crippen LogP contribution in [0.2, 0.25) is 0 Å². The second-order valence-electron chi connectivity index (χ2n) is 19.9. The van der Waals surface area contributed by atoms with Gasteiger partial charge in [0.25, 0.3) is 7.82 Å². The number of unbranched alkanes of at least 4 members (excludes halogenated alkanes) is 23. The van der Waals surface area contributed by atoms with Crippen molar-refractivity contribution in [2.24, 2.45) is 0 Å². The maximum Gasteiger partial charge on any atom is 0.306 e. The van der Waals surface area contributed by atoms with Gasteiger partial charge in [-0.3, -0.25) is 14.2 Å². The Hall–Kier alpha value is -2.81. The standard InChI is InChI=1S/C60H106NO8P/c1-6-8-10-12-14-16-18-20-22-24-26-28-29-30-31-33-35-37-39-41-43-45-47-49-51-53-60(63)69-58(57-68-70(64,65)67-55-54-61(3,4)5)56-66-59(62)52-50-48-46-44-42-40-38-36-34-32-27-25-23-21-19-17-15-13-11-9-7-2/h8,10,14,16,19-22,25-28,30-31,58H,6-7,9,11-13,15,17-18,23-24,29,32-57H2,1-5H3/b10-8-,16-14-,21-19-,22-20-,27-25-,28-26-,31-30-. The number of carbonyl (C=O) groups is 2. The van der Waals surface area contributed by atoms with Crippen molar-refractivity contribution in [1.29, 1.82) is 0 Å². The molecule has 404 valence electrons. The van der Waals surface area contributed by atoms with E-state index in [0.717, 1.165) is 96.3 Å². The third-order valence-electron chi connectivity index (χ3n) is 11.9. The number of carbonyl (C=O) groups excluding carboxylic acids is 2. The van der Waals surface area contributed by atoms with Crippen molar-refractivity contribution in [3.63, 3.8) is 0 Å². The number of phosphoric acid groups is 1. The number of nitrogens with zero attached hydrogens (tertiary/aromatic N) is 1. The largest absolute Gasteiger partial charge is 0.756 e. The Bertz CT molecular complexity index is 1460. The number of ether oxygens (including phenoxy) is 2. The second-order valence-corrected chi connectivity index (χ2v) is 21.3. The van der Waals surface area contributed by atoms with E-state index in [0.29, 0.717) is 17.4 Å². The zero-order valence-corrected chi connectivity index (χ0v) is 46.6. The van der Waals surface area contributed by atoms with Gasteiger partial charge in [-0.05, 0) is 89.9 Å². The smallest absolute Gasteiger partial charge is 0.306 e. The third kappa shape index (κ3) is 54.5. The Morgan fingerprint density at radius 2 is 0.814 bits per heavy atom. The van der Waals surface area contributed by atoms with Gasteiger partial charge in [0, 0.05) is 12.8 Å². The Balaban J connectivity index is 4.23. The van der Waals surface area contributed by atoms with Crippen LogP contribution in [0.1, 0.15) is 232 Å². The highest BCUT2D eigenvalue weighted by molar-refractivity contribution is 7.45. The molecule has 0 spiro atoms. The second kappa shape index (κ2) is 51.1. The van der Waals surface area contributed by atoms with E-state index in [-0.39, 0.29) is 26.1 Å². The Kier molecular flexibility index (Phi) is 49.1. The van der Waals surface area contributed by atoms with Gasteiger partial charge in [0.1, 0.15) is 19.8 Å². The molecule has 0 N–H and O–H groups in total. The lowest BCUT2D eigenvalue weighted by atomic mass is 10.1. The predicted octanol–water partition coefficient (Wildman–Crippen LogP) is 16.8. The van der Waals surface area contributed by atoms with E-state index in [1.54, 1.807) is 0 Å². The number of rotatable bonds is 51. The number of esters is 2. The molecule has 0 amide bonds. The van der Waals surface area contributed by atoms with Crippen LogP contribution in [-0.4, -0.2) is 70.0 Å². The molecule has 0 saturated heterocycles. The summed E-state index contributed by atoms with van der Waals surface area (Å²) in [6.07, 6.45) is 67.6. The van der Waals surface area contributed by atoms with Crippen molar-refractivity contribution < 1.29 is 42.1 Å². The minimum absolute atomic E-state index is 0.0365. The molecule has 0 aliphatic carbocycles. The fourth-order valence-corrected chi connectivity index (χ4v) is 8.26. The highest BCUT2D eigenvalue weighted by Gasteiger charge is 2.21. The monoisotopic (exact) mass is 1000 g/mol. The van der Waals surface area contributed by atoms with Gasteiger partial charge < -0.3 is 27.9 Å². The minimum atomic E-state index is -4.64. The number of likely N-dealkylation sites (N-methyl/N-ethyl adjacent to an activating group) is 1. The first-order valence-corrected chi connectivity index (χ1v) is 29.8. The normalized spacial score (nSPS) is 14.0. The molecule has 0 radical (unpaired) electrons. The van der Waals surface area contributed by atoms with E-state index in [4.69, 9.17) is 18.5 Å². The zero-order valence-electron chi connectivity index (χ0n) is 45.7. The molecule has 0 rings (SSSR count). The molecular weight excluding hydrogens is 894 g/mol. The van der Waals surface area contributed by atoms with Crippen LogP contribution in [-0.2, 0) is 32.7 Å². The number of hydrogen-bond acceptors (Lipinski definition) is 8. The molecule has 2 unspecified atom stereocenters. The van der Waals surface area contributed by atoms with Crippen LogP contribution in [0.25, 0.3) is 0 Å². The van der Waals surface area contributed by atoms with Crippen molar-refractivity contribution in [3.8, 4) is 0 Å². The summed E-state index contributed by atoms with van der Waals surface area (Å²) in [5, 5.41) is 0. The van der Waals surface area contributed by atoms with Crippen LogP contribution in [0.15, 0.2) is 85.1 Å². The zero-order chi connectivity index (χ0) is 51.3. The maximum absolute atomic E-state index is 12.8. The fourth-order valence-electron chi connectivity index (χ4n) is 7.54. The molecule has 0 aromatic rings. The first-order chi connectivity index (χ1) is 34.0. The molecule has 10 heteroatoms. The maximum atomic E-state index is 12.8. The molecule has 0 saturated carbocycles. The highest BCUT2D eigenvalue weighted by atomic mass is 31.2. The summed E-state index contributed by atoms with van der Waals surface area (Å²) in [6, 6.07) is 0. The summed E-state index contributed by atoms with van der Waals surface area (Å²) >= 11 is 0. The summed E-state index contributed by atoms with van der Waals surface area (Å²) in [5.41, 5.74) is 0. The van der Waals surface area contributed by atoms with Crippen LogP contribution in [0.4, 0.5) is 0 Å². The molecule has 70 heavy (non-hydrogen) atoms. The fraction of sp³-hybridized carbons (Fsp3) is 0.733. The molecule has 0 bridgehead atoms. The summed E-state index contributed by atoms with van der Waals surface area (Å²) in [7, 11) is 1.15. The molecule has 0 fully saturated rings. The van der Waals surface area contributed by atoms with Crippen molar-refractivity contribution in [2.75, 3.05) is 47.5 Å². The molecule has 9 nitrogen and oxygen atoms in total. The molecule has 0 heterocycles. The van der Waals surface area contributed by atoms with E-state index < -0.39 is 32.5 Å². The van der Waals surface area contributed by atoms with E-state index >= 15 is 0 Å². The first kappa shape index (κ1) is 67.2. The number of quaternary nitrogens is 1. The summed E-state index contributed by atoms with van der Waals surface area (Å²) in [5.74, 6) is -0.846. The van der Waals surface area contributed by atoms with Crippen LogP contribution in [0, 0.1) is 0 Å². The number of phosphoric ester groups is 1. The lowest BCUT2D eigenvalue weighted by molar-refractivity contribution is -0.870. The van der Waals surface area contributed by atoms with E-state index in [1.165, 1.54) is 103 Å². The summed E-state index contributed by atoms with van der Waals surface area (Å²) in [6.45, 7) is 4.11. The lowest BCUT2D eigenvalue weighted by Crippen LogP contribution is -2.37. The van der Waals surface area contributed by atoms with E-state index in [2.05, 4.69) is 98.9 Å². The molecular formula is C60H106NO8P. The Morgan fingerprint density at radius 3 is 1.21 bits per heavy atom. The van der Waals surface area contributed by atoms with Gasteiger partial charge in [-0.1, -0.05) is 214 Å². The Morgan fingerprint density at radius 1 is 0.457 bits per heavy atom. The van der Waals surface area contributed by atoms with Crippen LogP contribution in [0.3, 0.4) is 0 Å². The molecule has 0 aromatic heterocycles. The van der Waals surface area contributed by atoms with Gasteiger partial charge in [-0.2, -0.15) is 0 Å². The van der Waals surface area contributed by atoms with Crippen molar-refractivity contribution >= 4 is 19.8 Å². The van der Waals surface area contributed by atoms with E-state index in [1.807, 2.05) is 21.1 Å². The van der Waals surface area contributed by atoms with Crippen LogP contribution < -0.4 is 4.89 Å². The van der Waals surface area contributed by atoms with E-state index in [9.17, 15) is 19.0 Å². The first-order valence-electron chi connectivity index (χ1n) is 28.3. The van der Waals surface area contributed by atoms with Crippen LogP contribution in [0.5, 0.6) is 0 Å². The molecule has 0 aliphatic heterocycles. The van der Waals surface area contributed by atoms with Gasteiger partial charge in [-0.25, -0.2) is 0 Å². The number of allylic oxidation sites excluding steroid dienone is 14. The quantitative estimate of drug-likeness (QED) is 0.0195. The topological polar surface area (TPSA) is 111 Å². The van der Waals surface area contributed by atoms with Crippen molar-refractivity contribution in [3.05, 3.63) is 85.1 Å². The average molecular weight is 1000 g/mol. The highest BCUT2D eigenvalue weighted by Crippen LogP contribution is 2.38. The average Bonchev–Trinajstić information content (AvgIpc) is 3.32. The lowest BCUT2D eigenvalue weighted by Gasteiger charge is -2.28. The molecule has 0 aromatic carbocycles.